The number of aromatic nitrogens is 1. The maximum absolute atomic E-state index is 13.2. The first-order valence-corrected chi connectivity index (χ1v) is 15.9. The normalized spacial score (nSPS) is 11.6. The third kappa shape index (κ3) is 10.2. The number of azo groups is 1. The summed E-state index contributed by atoms with van der Waals surface area (Å²) in [6, 6.07) is 15.7. The molecule has 0 aliphatic heterocycles. The Hall–Kier alpha value is -4.17. The summed E-state index contributed by atoms with van der Waals surface area (Å²) in [5.74, 6) is 0.644. The Bertz CT molecular complexity index is 1560. The Kier molecular flexibility index (Phi) is 14.1. The summed E-state index contributed by atoms with van der Waals surface area (Å²) in [5, 5.41) is 52.5. The average Bonchev–Trinajstić information content (AvgIpc) is 3.04. The summed E-state index contributed by atoms with van der Waals surface area (Å²) in [4.78, 5) is 6.29. The number of hydrogen-bond donors (Lipinski definition) is 5. The van der Waals surface area contributed by atoms with Gasteiger partial charge < -0.3 is 35.4 Å². The van der Waals surface area contributed by atoms with Crippen LogP contribution in [0.25, 0.3) is 0 Å². The number of benzene rings is 2. The second-order valence-corrected chi connectivity index (χ2v) is 11.8. The molecule has 0 atom stereocenters. The van der Waals surface area contributed by atoms with Gasteiger partial charge in [0.05, 0.1) is 56.4 Å². The van der Waals surface area contributed by atoms with Crippen LogP contribution in [0.3, 0.4) is 0 Å². The van der Waals surface area contributed by atoms with E-state index in [4.69, 9.17) is 14.6 Å². The third-order valence-corrected chi connectivity index (χ3v) is 8.31. The summed E-state index contributed by atoms with van der Waals surface area (Å²) < 4.78 is 37.1. The molecule has 14 nitrogen and oxygen atoms in total. The minimum Gasteiger partial charge on any atom is -0.494 e. The minimum absolute atomic E-state index is 0.000419. The van der Waals surface area contributed by atoms with Crippen LogP contribution in [0.4, 0.5) is 28.7 Å². The summed E-state index contributed by atoms with van der Waals surface area (Å²) in [6.07, 6.45) is 0. The first kappa shape index (κ1) is 35.3. The van der Waals surface area contributed by atoms with E-state index in [0.717, 1.165) is 5.69 Å². The van der Waals surface area contributed by atoms with Crippen LogP contribution >= 0.6 is 0 Å². The monoisotopic (exact) mass is 641 g/mol. The molecule has 0 aliphatic carbocycles. The van der Waals surface area contributed by atoms with E-state index in [0.29, 0.717) is 23.7 Å². The topological polar surface area (TPSA) is 202 Å². The number of aliphatic hydroxyl groups excluding tert-OH is 3. The minimum atomic E-state index is -3.77. The van der Waals surface area contributed by atoms with Crippen molar-refractivity contribution in [1.82, 2.24) is 9.88 Å². The number of rotatable bonds is 19. The molecule has 3 rings (SSSR count). The van der Waals surface area contributed by atoms with Crippen LogP contribution in [-0.2, 0) is 14.6 Å². The Morgan fingerprint density at radius 1 is 0.978 bits per heavy atom. The first-order valence-electron chi connectivity index (χ1n) is 14.2. The van der Waals surface area contributed by atoms with E-state index >= 15 is 0 Å². The fourth-order valence-corrected chi connectivity index (χ4v) is 5.57. The van der Waals surface area contributed by atoms with Gasteiger partial charge in [0.15, 0.2) is 21.5 Å². The summed E-state index contributed by atoms with van der Waals surface area (Å²) in [7, 11) is -2.35. The molecule has 0 radical (unpaired) electrons. The maximum Gasteiger partial charge on any atom is 0.179 e. The first-order chi connectivity index (χ1) is 21.8. The molecule has 0 bridgehead atoms. The lowest BCUT2D eigenvalue weighted by atomic mass is 10.1. The zero-order valence-corrected chi connectivity index (χ0v) is 26.1. The van der Waals surface area contributed by atoms with Crippen LogP contribution in [0.2, 0.25) is 0 Å². The van der Waals surface area contributed by atoms with E-state index < -0.39 is 9.84 Å². The zero-order chi connectivity index (χ0) is 32.7. The number of pyridine rings is 1. The number of anilines is 3. The van der Waals surface area contributed by atoms with Crippen LogP contribution in [-0.4, -0.2) is 106 Å². The average molecular weight is 642 g/mol. The number of para-hydroxylation sites is 1. The standard InChI is InChI=1S/C30H39N7O7S/c1-22-25(21-31)29(33-23-6-4-3-5-7-23)34-30(32-10-17-44-18-16-40)28(22)36-35-26-20-24(8-9-27(26)43-2)45(41,42)19-13-37(11-14-38)12-15-39/h3-9,20,38-40H,10-19H2,1-2H3,(H2,32,33,34). The van der Waals surface area contributed by atoms with Gasteiger partial charge in [-0.05, 0) is 37.3 Å². The molecule has 0 aliphatic rings. The number of aliphatic hydroxyl groups is 3. The molecule has 2 aromatic carbocycles. The zero-order valence-electron chi connectivity index (χ0n) is 25.3. The highest BCUT2D eigenvalue weighted by Crippen LogP contribution is 2.38. The summed E-state index contributed by atoms with van der Waals surface area (Å²) in [5.41, 5.74) is 1.85. The van der Waals surface area contributed by atoms with Crippen LogP contribution in [0.15, 0.2) is 63.7 Å². The predicted molar refractivity (Wildman–Crippen MR) is 170 cm³/mol. The van der Waals surface area contributed by atoms with Crippen molar-refractivity contribution in [2.24, 2.45) is 10.2 Å². The highest BCUT2D eigenvalue weighted by atomic mass is 32.2. The van der Waals surface area contributed by atoms with Gasteiger partial charge in [-0.15, -0.1) is 10.2 Å². The van der Waals surface area contributed by atoms with Gasteiger partial charge in [-0.1, -0.05) is 18.2 Å². The van der Waals surface area contributed by atoms with Gasteiger partial charge in [0, 0.05) is 37.4 Å². The van der Waals surface area contributed by atoms with Gasteiger partial charge in [-0.25, -0.2) is 13.4 Å². The van der Waals surface area contributed by atoms with Crippen molar-refractivity contribution >= 4 is 38.5 Å². The molecule has 0 saturated heterocycles. The SMILES string of the molecule is COc1ccc(S(=O)(=O)CCN(CCO)CCO)cc1N=Nc1c(NCCOCCO)nc(Nc2ccccc2)c(C#N)c1C. The summed E-state index contributed by atoms with van der Waals surface area (Å²) >= 11 is 0. The van der Waals surface area contributed by atoms with Gasteiger partial charge in [-0.3, -0.25) is 4.90 Å². The number of ether oxygens (including phenoxy) is 2. The lowest BCUT2D eigenvalue weighted by Crippen LogP contribution is -2.34. The van der Waals surface area contributed by atoms with Gasteiger partial charge >= 0.3 is 0 Å². The van der Waals surface area contributed by atoms with Gasteiger partial charge in [0.2, 0.25) is 0 Å². The van der Waals surface area contributed by atoms with Crippen LogP contribution in [0, 0.1) is 18.3 Å². The molecule has 15 heteroatoms. The third-order valence-electron chi connectivity index (χ3n) is 6.61. The molecule has 0 saturated carbocycles. The van der Waals surface area contributed by atoms with Crippen molar-refractivity contribution < 1.29 is 33.2 Å². The Morgan fingerprint density at radius 3 is 2.36 bits per heavy atom. The van der Waals surface area contributed by atoms with Gasteiger partial charge in [0.1, 0.15) is 23.2 Å². The number of nitrogens with zero attached hydrogens (tertiary/aromatic N) is 5. The van der Waals surface area contributed by atoms with E-state index in [9.17, 15) is 23.9 Å². The second kappa shape index (κ2) is 18.0. The molecule has 242 valence electrons. The molecule has 0 amide bonds. The van der Waals surface area contributed by atoms with Gasteiger partial charge in [-0.2, -0.15) is 5.26 Å². The lowest BCUT2D eigenvalue weighted by Gasteiger charge is -2.20. The van der Waals surface area contributed by atoms with E-state index in [2.05, 4.69) is 31.9 Å². The fraction of sp³-hybridized carbons (Fsp3) is 0.400. The quantitative estimate of drug-likeness (QED) is 0.0948. The Balaban J connectivity index is 1.99. The van der Waals surface area contributed by atoms with Crippen LogP contribution in [0.5, 0.6) is 5.75 Å². The number of hydrogen-bond acceptors (Lipinski definition) is 14. The van der Waals surface area contributed by atoms with E-state index in [1.165, 1.54) is 25.3 Å². The number of methoxy groups -OCH3 is 1. The Morgan fingerprint density at radius 2 is 1.71 bits per heavy atom. The molecule has 1 aromatic heterocycles. The van der Waals surface area contributed by atoms with Crippen LogP contribution < -0.4 is 15.4 Å². The molecule has 0 fully saturated rings. The highest BCUT2D eigenvalue weighted by molar-refractivity contribution is 7.91. The van der Waals surface area contributed by atoms with Gasteiger partial charge in [0.25, 0.3) is 0 Å². The molecule has 5 N–H and O–H groups in total. The van der Waals surface area contributed by atoms with Crippen molar-refractivity contribution in [2.45, 2.75) is 11.8 Å². The molecular weight excluding hydrogens is 602 g/mol. The van der Waals surface area contributed by atoms with E-state index in [1.807, 2.05) is 30.3 Å². The molecule has 0 unspecified atom stereocenters. The predicted octanol–water partition coefficient (Wildman–Crippen LogP) is 2.91. The number of nitrogens with one attached hydrogen (secondary N) is 2. The molecule has 45 heavy (non-hydrogen) atoms. The van der Waals surface area contributed by atoms with E-state index in [-0.39, 0.29) is 86.0 Å². The van der Waals surface area contributed by atoms with Crippen molar-refractivity contribution in [3.8, 4) is 11.8 Å². The maximum atomic E-state index is 13.2. The molecule has 1 heterocycles. The van der Waals surface area contributed by atoms with Crippen LogP contribution in [0.1, 0.15) is 11.1 Å². The molecule has 3 aromatic rings. The summed E-state index contributed by atoms with van der Waals surface area (Å²) in [6.45, 7) is 2.62. The second-order valence-electron chi connectivity index (χ2n) is 9.66. The van der Waals surface area contributed by atoms with E-state index in [1.54, 1.807) is 11.8 Å². The lowest BCUT2D eigenvalue weighted by molar-refractivity contribution is 0.0992. The number of sulfone groups is 1. The van der Waals surface area contributed by atoms with Crippen molar-refractivity contribution in [3.05, 3.63) is 59.7 Å². The van der Waals surface area contributed by atoms with Crippen molar-refractivity contribution in [3.63, 3.8) is 0 Å². The highest BCUT2D eigenvalue weighted by Gasteiger charge is 2.20. The smallest absolute Gasteiger partial charge is 0.179 e. The number of nitriles is 1. The largest absolute Gasteiger partial charge is 0.494 e. The molecule has 0 spiro atoms. The fourth-order valence-electron chi connectivity index (χ4n) is 4.26. The van der Waals surface area contributed by atoms with Crippen molar-refractivity contribution in [2.75, 3.05) is 82.7 Å². The molecular formula is C30H39N7O7S. The Labute approximate surface area is 262 Å². The van der Waals surface area contributed by atoms with Crippen molar-refractivity contribution in [1.29, 1.82) is 5.26 Å².